The van der Waals surface area contributed by atoms with Crippen molar-refractivity contribution in [3.8, 4) is 5.75 Å². The van der Waals surface area contributed by atoms with Crippen LogP contribution >= 0.6 is 0 Å². The zero-order valence-corrected chi connectivity index (χ0v) is 15.4. The lowest BCUT2D eigenvalue weighted by Gasteiger charge is -2.28. The van der Waals surface area contributed by atoms with Crippen molar-refractivity contribution >= 4 is 6.09 Å². The third-order valence-corrected chi connectivity index (χ3v) is 4.26. The van der Waals surface area contributed by atoms with Crippen LogP contribution in [0.1, 0.15) is 30.9 Å². The number of aliphatic hydroxyl groups is 1. The van der Waals surface area contributed by atoms with Crippen molar-refractivity contribution in [2.24, 2.45) is 0 Å². The molecule has 0 bridgehead atoms. The van der Waals surface area contributed by atoms with E-state index in [4.69, 9.17) is 14.6 Å². The summed E-state index contributed by atoms with van der Waals surface area (Å²) in [5.74, 6) is 0.778. The van der Waals surface area contributed by atoms with E-state index < -0.39 is 0 Å². The Balaban J connectivity index is 2.04. The number of amides is 1. The standard InChI is InChI=1S/C21H27NO4/c1-17(7-6-14-23)22(15-18-10-12-20(25-2)13-11-18)21(24)26-16-19-8-4-3-5-9-19/h3-5,8-13,17,23H,6-7,14-16H2,1-2H3. The van der Waals surface area contributed by atoms with Crippen LogP contribution in [0.25, 0.3) is 0 Å². The number of aliphatic hydroxyl groups excluding tert-OH is 1. The molecule has 1 unspecified atom stereocenters. The molecular weight excluding hydrogens is 330 g/mol. The fourth-order valence-electron chi connectivity index (χ4n) is 2.67. The summed E-state index contributed by atoms with van der Waals surface area (Å²) >= 11 is 0. The topological polar surface area (TPSA) is 59.0 Å². The molecule has 0 heterocycles. The molecule has 0 fully saturated rings. The fourth-order valence-corrected chi connectivity index (χ4v) is 2.67. The summed E-state index contributed by atoms with van der Waals surface area (Å²) in [6, 6.07) is 17.2. The van der Waals surface area contributed by atoms with Crippen molar-refractivity contribution in [3.63, 3.8) is 0 Å². The Bertz CT molecular complexity index is 657. The van der Waals surface area contributed by atoms with E-state index in [1.54, 1.807) is 12.0 Å². The summed E-state index contributed by atoms with van der Waals surface area (Å²) in [5.41, 5.74) is 1.95. The molecule has 140 valence electrons. The largest absolute Gasteiger partial charge is 0.497 e. The highest BCUT2D eigenvalue weighted by Gasteiger charge is 2.21. The number of ether oxygens (including phenoxy) is 2. The first-order valence-corrected chi connectivity index (χ1v) is 8.85. The molecule has 1 N–H and O–H groups in total. The maximum atomic E-state index is 12.7. The van der Waals surface area contributed by atoms with Gasteiger partial charge in [0.15, 0.2) is 0 Å². The maximum absolute atomic E-state index is 12.7. The van der Waals surface area contributed by atoms with Crippen LogP contribution in [0.2, 0.25) is 0 Å². The molecule has 5 nitrogen and oxygen atoms in total. The molecule has 2 rings (SSSR count). The lowest BCUT2D eigenvalue weighted by molar-refractivity contribution is 0.0767. The molecule has 0 aliphatic rings. The average Bonchev–Trinajstić information content (AvgIpc) is 2.69. The first-order valence-electron chi connectivity index (χ1n) is 8.85. The third-order valence-electron chi connectivity index (χ3n) is 4.26. The predicted molar refractivity (Wildman–Crippen MR) is 101 cm³/mol. The quantitative estimate of drug-likeness (QED) is 0.737. The number of rotatable bonds is 9. The Labute approximate surface area is 155 Å². The van der Waals surface area contributed by atoms with Crippen LogP contribution in [-0.4, -0.2) is 35.9 Å². The molecule has 0 spiro atoms. The van der Waals surface area contributed by atoms with Gasteiger partial charge in [-0.15, -0.1) is 0 Å². The Morgan fingerprint density at radius 1 is 1.08 bits per heavy atom. The van der Waals surface area contributed by atoms with Gasteiger partial charge in [-0.2, -0.15) is 0 Å². The van der Waals surface area contributed by atoms with Gasteiger partial charge in [-0.3, -0.25) is 0 Å². The fraction of sp³-hybridized carbons (Fsp3) is 0.381. The second-order valence-electron chi connectivity index (χ2n) is 6.23. The van der Waals surface area contributed by atoms with Crippen molar-refractivity contribution in [2.45, 2.75) is 39.0 Å². The molecule has 26 heavy (non-hydrogen) atoms. The normalized spacial score (nSPS) is 11.7. The minimum atomic E-state index is -0.352. The smallest absolute Gasteiger partial charge is 0.410 e. The number of nitrogens with zero attached hydrogens (tertiary/aromatic N) is 1. The van der Waals surface area contributed by atoms with Crippen molar-refractivity contribution in [1.29, 1.82) is 0 Å². The molecule has 5 heteroatoms. The van der Waals surface area contributed by atoms with Crippen molar-refractivity contribution in [3.05, 3.63) is 65.7 Å². The summed E-state index contributed by atoms with van der Waals surface area (Å²) in [5, 5.41) is 9.09. The minimum absolute atomic E-state index is 0.0347. The monoisotopic (exact) mass is 357 g/mol. The molecule has 1 atom stereocenters. The molecule has 0 saturated carbocycles. The number of benzene rings is 2. The van der Waals surface area contributed by atoms with Gasteiger partial charge in [0.05, 0.1) is 7.11 Å². The van der Waals surface area contributed by atoms with E-state index in [2.05, 4.69) is 0 Å². The Hall–Kier alpha value is -2.53. The summed E-state index contributed by atoms with van der Waals surface area (Å²) in [4.78, 5) is 14.4. The van der Waals surface area contributed by atoms with Gasteiger partial charge in [0.1, 0.15) is 12.4 Å². The number of hydrogen-bond acceptors (Lipinski definition) is 4. The third kappa shape index (κ3) is 6.08. The van der Waals surface area contributed by atoms with Crippen LogP contribution in [0, 0.1) is 0 Å². The molecule has 0 radical (unpaired) electrons. The van der Waals surface area contributed by atoms with Gasteiger partial charge >= 0.3 is 6.09 Å². The van der Waals surface area contributed by atoms with E-state index in [1.165, 1.54) is 0 Å². The lowest BCUT2D eigenvalue weighted by atomic mass is 10.1. The van der Waals surface area contributed by atoms with Gasteiger partial charge in [0.2, 0.25) is 0 Å². The van der Waals surface area contributed by atoms with Crippen LogP contribution in [0.5, 0.6) is 5.75 Å². The molecule has 2 aromatic rings. The summed E-state index contributed by atoms with van der Waals surface area (Å²) in [6.07, 6.45) is 1.01. The summed E-state index contributed by atoms with van der Waals surface area (Å²) in [6.45, 7) is 2.78. The van der Waals surface area contributed by atoms with Gasteiger partial charge in [0.25, 0.3) is 0 Å². The van der Waals surface area contributed by atoms with Crippen molar-refractivity contribution in [2.75, 3.05) is 13.7 Å². The molecule has 2 aromatic carbocycles. The van der Waals surface area contributed by atoms with Gasteiger partial charge in [-0.25, -0.2) is 4.79 Å². The minimum Gasteiger partial charge on any atom is -0.497 e. The highest BCUT2D eigenvalue weighted by atomic mass is 16.6. The second-order valence-corrected chi connectivity index (χ2v) is 6.23. The number of carbonyl (C=O) groups excluding carboxylic acids is 1. The predicted octanol–water partition coefficient (Wildman–Crippen LogP) is 4.00. The van der Waals surface area contributed by atoms with Crippen molar-refractivity contribution < 1.29 is 19.4 Å². The maximum Gasteiger partial charge on any atom is 0.410 e. The van der Waals surface area contributed by atoms with Crippen LogP contribution in [0.3, 0.4) is 0 Å². The molecule has 0 aliphatic heterocycles. The summed E-state index contributed by atoms with van der Waals surface area (Å²) in [7, 11) is 1.62. The number of methoxy groups -OCH3 is 1. The van der Waals surface area contributed by atoms with E-state index >= 15 is 0 Å². The Morgan fingerprint density at radius 3 is 2.38 bits per heavy atom. The van der Waals surface area contributed by atoms with E-state index in [-0.39, 0.29) is 25.3 Å². The molecule has 0 aliphatic carbocycles. The number of carbonyl (C=O) groups is 1. The first kappa shape index (κ1) is 19.8. The van der Waals surface area contributed by atoms with Gasteiger partial charge in [0, 0.05) is 19.2 Å². The summed E-state index contributed by atoms with van der Waals surface area (Å²) < 4.78 is 10.7. The van der Waals surface area contributed by atoms with Crippen LogP contribution < -0.4 is 4.74 Å². The highest BCUT2D eigenvalue weighted by molar-refractivity contribution is 5.68. The Kier molecular flexibility index (Phi) is 7.96. The first-order chi connectivity index (χ1) is 12.6. The van der Waals surface area contributed by atoms with E-state index in [0.29, 0.717) is 19.4 Å². The van der Waals surface area contributed by atoms with Crippen LogP contribution in [0.4, 0.5) is 4.79 Å². The van der Waals surface area contributed by atoms with E-state index in [0.717, 1.165) is 16.9 Å². The van der Waals surface area contributed by atoms with Gasteiger partial charge in [-0.05, 0) is 43.0 Å². The zero-order valence-electron chi connectivity index (χ0n) is 15.4. The van der Waals surface area contributed by atoms with Crippen LogP contribution in [0.15, 0.2) is 54.6 Å². The van der Waals surface area contributed by atoms with E-state index in [1.807, 2.05) is 61.5 Å². The van der Waals surface area contributed by atoms with E-state index in [9.17, 15) is 4.79 Å². The van der Waals surface area contributed by atoms with Gasteiger partial charge < -0.3 is 19.5 Å². The zero-order chi connectivity index (χ0) is 18.8. The Morgan fingerprint density at radius 2 is 1.77 bits per heavy atom. The molecule has 0 aromatic heterocycles. The SMILES string of the molecule is COc1ccc(CN(C(=O)OCc2ccccc2)C(C)CCCO)cc1. The second kappa shape index (κ2) is 10.5. The highest BCUT2D eigenvalue weighted by Crippen LogP contribution is 2.17. The molecule has 1 amide bonds. The molecular formula is C21H27NO4. The lowest BCUT2D eigenvalue weighted by Crippen LogP contribution is -2.38. The number of hydrogen-bond donors (Lipinski definition) is 1. The van der Waals surface area contributed by atoms with Crippen LogP contribution in [-0.2, 0) is 17.9 Å². The molecule has 0 saturated heterocycles. The van der Waals surface area contributed by atoms with Crippen molar-refractivity contribution in [1.82, 2.24) is 4.90 Å². The average molecular weight is 357 g/mol. The van der Waals surface area contributed by atoms with Gasteiger partial charge in [-0.1, -0.05) is 42.5 Å².